The molecule has 8 nitrogen and oxygen atoms in total. The van der Waals surface area contributed by atoms with Gasteiger partial charge in [-0.2, -0.15) is 0 Å². The van der Waals surface area contributed by atoms with Gasteiger partial charge in [-0.3, -0.25) is 14.2 Å². The molecule has 8 heteroatoms. The van der Waals surface area contributed by atoms with Gasteiger partial charge in [-0.05, 0) is 47.9 Å². The molecule has 0 atom stereocenters. The summed E-state index contributed by atoms with van der Waals surface area (Å²) in [4.78, 5) is 40.9. The van der Waals surface area contributed by atoms with Crippen molar-refractivity contribution in [2.24, 2.45) is 0 Å². The second-order valence-corrected chi connectivity index (χ2v) is 7.78. The zero-order valence-electron chi connectivity index (χ0n) is 19.2. The lowest BCUT2D eigenvalue weighted by molar-refractivity contribution is 0.102. The lowest BCUT2D eigenvalue weighted by atomic mass is 10.1. The fourth-order valence-corrected chi connectivity index (χ4v) is 3.69. The Balaban J connectivity index is 1.56. The summed E-state index contributed by atoms with van der Waals surface area (Å²) in [5, 5.41) is 3.17. The summed E-state index contributed by atoms with van der Waals surface area (Å²) in [6, 6.07) is 17.6. The molecule has 0 aliphatic rings. The molecule has 4 aromatic rings. The van der Waals surface area contributed by atoms with E-state index in [9.17, 15) is 14.4 Å². The SMILES string of the molecule is CCc1ccc(NC(=O)c2ccc(Cn3c(=O)[nH]c4cc(OC)c(OC)cc4c3=O)cc2)cc1. The minimum Gasteiger partial charge on any atom is -0.493 e. The summed E-state index contributed by atoms with van der Waals surface area (Å²) in [6.45, 7) is 2.13. The average molecular weight is 460 g/mol. The van der Waals surface area contributed by atoms with Crippen LogP contribution in [0.15, 0.2) is 70.3 Å². The van der Waals surface area contributed by atoms with Gasteiger partial charge in [0.2, 0.25) is 0 Å². The quantitative estimate of drug-likeness (QED) is 0.440. The van der Waals surface area contributed by atoms with Gasteiger partial charge in [-0.25, -0.2) is 4.79 Å². The van der Waals surface area contributed by atoms with E-state index in [4.69, 9.17) is 9.47 Å². The molecule has 0 saturated carbocycles. The molecule has 0 unspecified atom stereocenters. The maximum atomic E-state index is 13.0. The van der Waals surface area contributed by atoms with E-state index in [2.05, 4.69) is 17.2 Å². The Kier molecular flexibility index (Phi) is 6.49. The van der Waals surface area contributed by atoms with Gasteiger partial charge in [0.15, 0.2) is 11.5 Å². The second kappa shape index (κ2) is 9.66. The summed E-state index contributed by atoms with van der Waals surface area (Å²) in [6.07, 6.45) is 0.931. The third-order valence-corrected chi connectivity index (χ3v) is 5.66. The third-order valence-electron chi connectivity index (χ3n) is 5.66. The molecule has 1 heterocycles. The number of methoxy groups -OCH3 is 2. The van der Waals surface area contributed by atoms with E-state index in [0.717, 1.165) is 11.0 Å². The molecular weight excluding hydrogens is 434 g/mol. The van der Waals surface area contributed by atoms with Crippen molar-refractivity contribution in [2.45, 2.75) is 19.9 Å². The monoisotopic (exact) mass is 459 g/mol. The molecule has 0 aliphatic heterocycles. The van der Waals surface area contributed by atoms with E-state index >= 15 is 0 Å². The average Bonchev–Trinajstić information content (AvgIpc) is 2.86. The van der Waals surface area contributed by atoms with Gasteiger partial charge in [-0.1, -0.05) is 31.2 Å². The van der Waals surface area contributed by atoms with Crippen LogP contribution in [0.25, 0.3) is 10.9 Å². The maximum absolute atomic E-state index is 13.0. The molecule has 0 fully saturated rings. The van der Waals surface area contributed by atoms with Crippen LogP contribution in [0.4, 0.5) is 5.69 Å². The molecule has 4 rings (SSSR count). The van der Waals surface area contributed by atoms with E-state index < -0.39 is 11.2 Å². The van der Waals surface area contributed by atoms with Crippen LogP contribution < -0.4 is 26.0 Å². The number of amides is 1. The summed E-state index contributed by atoms with van der Waals surface area (Å²) in [5.74, 6) is 0.570. The highest BCUT2D eigenvalue weighted by molar-refractivity contribution is 6.04. The Morgan fingerprint density at radius 2 is 1.53 bits per heavy atom. The number of aromatic amines is 1. The number of anilines is 1. The summed E-state index contributed by atoms with van der Waals surface area (Å²) in [5.41, 5.74) is 2.46. The van der Waals surface area contributed by atoms with Crippen molar-refractivity contribution in [1.29, 1.82) is 0 Å². The molecule has 0 saturated heterocycles. The van der Waals surface area contributed by atoms with E-state index in [1.807, 2.05) is 24.3 Å². The highest BCUT2D eigenvalue weighted by Crippen LogP contribution is 2.29. The maximum Gasteiger partial charge on any atom is 0.329 e. The Bertz CT molecular complexity index is 1450. The molecule has 174 valence electrons. The van der Waals surface area contributed by atoms with Crippen molar-refractivity contribution < 1.29 is 14.3 Å². The first-order chi connectivity index (χ1) is 16.4. The van der Waals surface area contributed by atoms with Crippen LogP contribution >= 0.6 is 0 Å². The normalized spacial score (nSPS) is 10.8. The number of carbonyl (C=O) groups is 1. The number of rotatable bonds is 7. The smallest absolute Gasteiger partial charge is 0.329 e. The Labute approximate surface area is 195 Å². The molecule has 0 spiro atoms. The number of hydrogen-bond donors (Lipinski definition) is 2. The number of H-pyrrole nitrogens is 1. The highest BCUT2D eigenvalue weighted by Gasteiger charge is 2.14. The number of nitrogens with zero attached hydrogens (tertiary/aromatic N) is 1. The summed E-state index contributed by atoms with van der Waals surface area (Å²) < 4.78 is 11.6. The molecule has 34 heavy (non-hydrogen) atoms. The zero-order valence-corrected chi connectivity index (χ0v) is 19.2. The first kappa shape index (κ1) is 22.8. The van der Waals surface area contributed by atoms with Gasteiger partial charge in [0.25, 0.3) is 11.5 Å². The number of nitrogens with one attached hydrogen (secondary N) is 2. The van der Waals surface area contributed by atoms with Crippen molar-refractivity contribution in [2.75, 3.05) is 19.5 Å². The van der Waals surface area contributed by atoms with Crippen LogP contribution in [0.1, 0.15) is 28.4 Å². The van der Waals surface area contributed by atoms with Crippen LogP contribution in [-0.2, 0) is 13.0 Å². The Morgan fingerprint density at radius 3 is 2.15 bits per heavy atom. The molecule has 1 aromatic heterocycles. The van der Waals surface area contributed by atoms with Crippen molar-refractivity contribution >= 4 is 22.5 Å². The minimum absolute atomic E-state index is 0.0544. The van der Waals surface area contributed by atoms with Gasteiger partial charge in [0, 0.05) is 17.3 Å². The van der Waals surface area contributed by atoms with Crippen LogP contribution in [0.2, 0.25) is 0 Å². The molecule has 0 radical (unpaired) electrons. The van der Waals surface area contributed by atoms with E-state index in [1.54, 1.807) is 36.4 Å². The highest BCUT2D eigenvalue weighted by atomic mass is 16.5. The van der Waals surface area contributed by atoms with Gasteiger partial charge >= 0.3 is 5.69 Å². The number of aromatic nitrogens is 2. The second-order valence-electron chi connectivity index (χ2n) is 7.78. The topological polar surface area (TPSA) is 102 Å². The van der Waals surface area contributed by atoms with Crippen LogP contribution in [0.5, 0.6) is 11.5 Å². The van der Waals surface area contributed by atoms with E-state index in [-0.39, 0.29) is 12.5 Å². The van der Waals surface area contributed by atoms with E-state index in [0.29, 0.717) is 39.2 Å². The molecule has 0 bridgehead atoms. The third kappa shape index (κ3) is 4.56. The number of carbonyl (C=O) groups excluding carboxylic acids is 1. The fourth-order valence-electron chi connectivity index (χ4n) is 3.69. The van der Waals surface area contributed by atoms with Gasteiger partial charge < -0.3 is 19.8 Å². The lowest BCUT2D eigenvalue weighted by Gasteiger charge is -2.11. The predicted molar refractivity (Wildman–Crippen MR) is 131 cm³/mol. The number of hydrogen-bond acceptors (Lipinski definition) is 5. The first-order valence-electron chi connectivity index (χ1n) is 10.8. The summed E-state index contributed by atoms with van der Waals surface area (Å²) >= 11 is 0. The Hall–Kier alpha value is -4.33. The van der Waals surface area contributed by atoms with Crippen LogP contribution in [-0.4, -0.2) is 29.7 Å². The van der Waals surface area contributed by atoms with Crippen molar-refractivity contribution in [3.05, 3.63) is 98.2 Å². The molecule has 1 amide bonds. The first-order valence-corrected chi connectivity index (χ1v) is 10.8. The van der Waals surface area contributed by atoms with E-state index in [1.165, 1.54) is 19.8 Å². The molecular formula is C26H25N3O5. The number of benzene rings is 3. The minimum atomic E-state index is -0.540. The lowest BCUT2D eigenvalue weighted by Crippen LogP contribution is -2.35. The molecule has 3 aromatic carbocycles. The largest absolute Gasteiger partial charge is 0.493 e. The summed E-state index contributed by atoms with van der Waals surface area (Å²) in [7, 11) is 2.96. The Morgan fingerprint density at radius 1 is 0.912 bits per heavy atom. The van der Waals surface area contributed by atoms with Gasteiger partial charge in [0.05, 0.1) is 31.7 Å². The zero-order chi connectivity index (χ0) is 24.2. The number of ether oxygens (including phenoxy) is 2. The predicted octanol–water partition coefficient (Wildman–Crippen LogP) is 3.57. The molecule has 0 aliphatic carbocycles. The van der Waals surface area contributed by atoms with Crippen molar-refractivity contribution in [3.63, 3.8) is 0 Å². The number of aryl methyl sites for hydroxylation is 1. The van der Waals surface area contributed by atoms with Gasteiger partial charge in [-0.15, -0.1) is 0 Å². The fraction of sp³-hybridized carbons (Fsp3) is 0.192. The van der Waals surface area contributed by atoms with Crippen molar-refractivity contribution in [3.8, 4) is 11.5 Å². The number of fused-ring (bicyclic) bond motifs is 1. The van der Waals surface area contributed by atoms with Crippen LogP contribution in [0, 0.1) is 0 Å². The standard InChI is InChI=1S/C26H25N3O5/c1-4-16-7-11-19(12-8-16)27-24(30)18-9-5-17(6-10-18)15-29-25(31)20-13-22(33-2)23(34-3)14-21(20)28-26(29)32/h5-14H,4,15H2,1-3H3,(H,27,30)(H,28,32). The van der Waals surface area contributed by atoms with Crippen molar-refractivity contribution in [1.82, 2.24) is 9.55 Å². The molecule has 2 N–H and O–H groups in total. The van der Waals surface area contributed by atoms with Crippen LogP contribution in [0.3, 0.4) is 0 Å². The van der Waals surface area contributed by atoms with Gasteiger partial charge in [0.1, 0.15) is 0 Å².